The molecule has 2 rings (SSSR count). The Labute approximate surface area is 110 Å². The second-order valence-electron chi connectivity index (χ2n) is 4.68. The second kappa shape index (κ2) is 4.61. The van der Waals surface area contributed by atoms with E-state index in [4.69, 9.17) is 16.7 Å². The SMILES string of the molecule is CN(Cc1cccc(Cl)c1)C(=O)C1(C(=O)O)CC1. The molecular formula is C13H14ClNO3. The lowest BCUT2D eigenvalue weighted by Gasteiger charge is -2.21. The molecule has 1 N–H and O–H groups in total. The molecule has 0 atom stereocenters. The van der Waals surface area contributed by atoms with Gasteiger partial charge in [-0.05, 0) is 30.5 Å². The van der Waals surface area contributed by atoms with Gasteiger partial charge in [0.25, 0.3) is 0 Å². The van der Waals surface area contributed by atoms with Crippen LogP contribution in [-0.2, 0) is 16.1 Å². The third-order valence-corrected chi connectivity index (χ3v) is 3.46. The van der Waals surface area contributed by atoms with Crippen molar-refractivity contribution in [2.45, 2.75) is 19.4 Å². The molecule has 1 amide bonds. The first-order valence-electron chi connectivity index (χ1n) is 5.69. The minimum absolute atomic E-state index is 0.324. The molecule has 0 unspecified atom stereocenters. The van der Waals surface area contributed by atoms with Crippen molar-refractivity contribution in [1.82, 2.24) is 4.90 Å². The van der Waals surface area contributed by atoms with Crippen molar-refractivity contribution in [1.29, 1.82) is 0 Å². The monoisotopic (exact) mass is 267 g/mol. The molecule has 1 saturated carbocycles. The lowest BCUT2D eigenvalue weighted by atomic mass is 10.1. The number of aliphatic carboxylic acids is 1. The molecule has 0 aromatic heterocycles. The number of carbonyl (C=O) groups is 2. The van der Waals surface area contributed by atoms with E-state index in [0.717, 1.165) is 5.56 Å². The van der Waals surface area contributed by atoms with Gasteiger partial charge in [0, 0.05) is 18.6 Å². The van der Waals surface area contributed by atoms with Crippen molar-refractivity contribution in [3.8, 4) is 0 Å². The van der Waals surface area contributed by atoms with Gasteiger partial charge in [0.05, 0.1) is 0 Å². The molecule has 96 valence electrons. The van der Waals surface area contributed by atoms with Gasteiger partial charge in [-0.15, -0.1) is 0 Å². The number of amides is 1. The largest absolute Gasteiger partial charge is 0.480 e. The highest BCUT2D eigenvalue weighted by Crippen LogP contribution is 2.47. The van der Waals surface area contributed by atoms with Crippen molar-refractivity contribution in [3.63, 3.8) is 0 Å². The average Bonchev–Trinajstić information content (AvgIpc) is 3.09. The minimum Gasteiger partial charge on any atom is -0.480 e. The molecule has 1 aromatic carbocycles. The lowest BCUT2D eigenvalue weighted by molar-refractivity contribution is -0.153. The van der Waals surface area contributed by atoms with Crippen LogP contribution >= 0.6 is 11.6 Å². The fourth-order valence-corrected chi connectivity index (χ4v) is 2.20. The first-order valence-corrected chi connectivity index (χ1v) is 6.07. The molecule has 4 nitrogen and oxygen atoms in total. The molecule has 18 heavy (non-hydrogen) atoms. The van der Waals surface area contributed by atoms with Crippen LogP contribution in [0.25, 0.3) is 0 Å². The zero-order valence-corrected chi connectivity index (χ0v) is 10.8. The maximum absolute atomic E-state index is 12.1. The molecule has 1 aromatic rings. The fourth-order valence-electron chi connectivity index (χ4n) is 1.99. The predicted octanol–water partition coefficient (Wildman–Crippen LogP) is 2.16. The third-order valence-electron chi connectivity index (χ3n) is 3.22. The summed E-state index contributed by atoms with van der Waals surface area (Å²) in [5.41, 5.74) is -0.285. The number of carbonyl (C=O) groups excluding carboxylic acids is 1. The highest BCUT2D eigenvalue weighted by molar-refractivity contribution is 6.30. The van der Waals surface area contributed by atoms with Gasteiger partial charge in [0.15, 0.2) is 0 Å². The number of hydrogen-bond donors (Lipinski definition) is 1. The molecule has 0 spiro atoms. The highest BCUT2D eigenvalue weighted by Gasteiger charge is 2.58. The molecule has 0 heterocycles. The minimum atomic E-state index is -1.17. The summed E-state index contributed by atoms with van der Waals surface area (Å²) in [6.45, 7) is 0.369. The van der Waals surface area contributed by atoms with Gasteiger partial charge in [-0.1, -0.05) is 23.7 Å². The summed E-state index contributed by atoms with van der Waals surface area (Å²) in [5.74, 6) is -1.35. The second-order valence-corrected chi connectivity index (χ2v) is 5.11. The van der Waals surface area contributed by atoms with E-state index in [1.807, 2.05) is 6.07 Å². The Morgan fingerprint density at radius 1 is 1.44 bits per heavy atom. The summed E-state index contributed by atoms with van der Waals surface area (Å²) in [5, 5.41) is 9.67. The van der Waals surface area contributed by atoms with Crippen LogP contribution in [0.5, 0.6) is 0 Å². The third kappa shape index (κ3) is 2.34. The number of hydrogen-bond acceptors (Lipinski definition) is 2. The van der Waals surface area contributed by atoms with Crippen LogP contribution in [0.1, 0.15) is 18.4 Å². The van der Waals surface area contributed by atoms with E-state index in [9.17, 15) is 9.59 Å². The van der Waals surface area contributed by atoms with Crippen LogP contribution in [0.15, 0.2) is 24.3 Å². The molecule has 1 aliphatic carbocycles. The maximum atomic E-state index is 12.1. The van der Waals surface area contributed by atoms with E-state index in [2.05, 4.69) is 0 Å². The molecule has 0 saturated heterocycles. The Bertz CT molecular complexity index is 497. The molecular weight excluding hydrogens is 254 g/mol. The van der Waals surface area contributed by atoms with E-state index in [0.29, 0.717) is 24.4 Å². The van der Waals surface area contributed by atoms with Crippen molar-refractivity contribution in [2.75, 3.05) is 7.05 Å². The quantitative estimate of drug-likeness (QED) is 0.851. The average molecular weight is 268 g/mol. The normalized spacial score (nSPS) is 16.1. The summed E-state index contributed by atoms with van der Waals surface area (Å²) in [6, 6.07) is 7.19. The molecule has 0 bridgehead atoms. The number of nitrogens with zero attached hydrogens (tertiary/aromatic N) is 1. The zero-order chi connectivity index (χ0) is 13.3. The summed E-state index contributed by atoms with van der Waals surface area (Å²) >= 11 is 5.86. The van der Waals surface area contributed by atoms with Crippen LogP contribution in [0.3, 0.4) is 0 Å². The Morgan fingerprint density at radius 2 is 2.11 bits per heavy atom. The van der Waals surface area contributed by atoms with Gasteiger partial charge in [-0.2, -0.15) is 0 Å². The van der Waals surface area contributed by atoms with Gasteiger partial charge in [0.1, 0.15) is 5.41 Å². The van der Waals surface area contributed by atoms with Crippen LogP contribution in [-0.4, -0.2) is 28.9 Å². The van der Waals surface area contributed by atoms with Crippen molar-refractivity contribution >= 4 is 23.5 Å². The van der Waals surface area contributed by atoms with E-state index in [-0.39, 0.29) is 5.91 Å². The topological polar surface area (TPSA) is 57.6 Å². The van der Waals surface area contributed by atoms with Crippen LogP contribution in [0.4, 0.5) is 0 Å². The maximum Gasteiger partial charge on any atom is 0.319 e. The number of benzene rings is 1. The molecule has 1 aliphatic rings. The highest BCUT2D eigenvalue weighted by atomic mass is 35.5. The summed E-state index contributed by atoms with van der Waals surface area (Å²) < 4.78 is 0. The Hall–Kier alpha value is -1.55. The summed E-state index contributed by atoms with van der Waals surface area (Å²) in [4.78, 5) is 24.6. The summed E-state index contributed by atoms with van der Waals surface area (Å²) in [6.07, 6.45) is 0.863. The first kappa shape index (κ1) is 12.9. The van der Waals surface area contributed by atoms with Crippen LogP contribution in [0.2, 0.25) is 5.02 Å². The zero-order valence-electron chi connectivity index (χ0n) is 10.0. The number of rotatable bonds is 4. The standard InChI is InChI=1S/C13H14ClNO3/c1-15(8-9-3-2-4-10(14)7-9)11(16)13(5-6-13)12(17)18/h2-4,7H,5-6,8H2,1H3,(H,17,18). The van der Waals surface area contributed by atoms with Crippen molar-refractivity contribution in [2.24, 2.45) is 5.41 Å². The molecule has 0 aliphatic heterocycles. The Kier molecular flexibility index (Phi) is 3.30. The first-order chi connectivity index (χ1) is 8.45. The van der Waals surface area contributed by atoms with E-state index >= 15 is 0 Å². The van der Waals surface area contributed by atoms with Crippen LogP contribution < -0.4 is 0 Å². The van der Waals surface area contributed by atoms with E-state index < -0.39 is 11.4 Å². The Balaban J connectivity index is 2.07. The summed E-state index contributed by atoms with van der Waals surface area (Å²) in [7, 11) is 1.62. The lowest BCUT2D eigenvalue weighted by Crippen LogP contribution is -2.38. The smallest absolute Gasteiger partial charge is 0.319 e. The molecule has 0 radical (unpaired) electrons. The van der Waals surface area contributed by atoms with E-state index in [1.54, 1.807) is 25.2 Å². The number of halogens is 1. The number of carboxylic acids is 1. The number of carboxylic acid groups (broad SMARTS) is 1. The molecule has 1 fully saturated rings. The van der Waals surface area contributed by atoms with Crippen molar-refractivity contribution in [3.05, 3.63) is 34.9 Å². The predicted molar refractivity (Wildman–Crippen MR) is 67.2 cm³/mol. The van der Waals surface area contributed by atoms with Gasteiger partial charge < -0.3 is 10.0 Å². The van der Waals surface area contributed by atoms with Gasteiger partial charge in [0.2, 0.25) is 5.91 Å². The van der Waals surface area contributed by atoms with Crippen molar-refractivity contribution < 1.29 is 14.7 Å². The molecule has 5 heteroatoms. The van der Waals surface area contributed by atoms with Gasteiger partial charge >= 0.3 is 5.97 Å². The van der Waals surface area contributed by atoms with Gasteiger partial charge in [-0.25, -0.2) is 0 Å². The van der Waals surface area contributed by atoms with E-state index in [1.165, 1.54) is 4.90 Å². The van der Waals surface area contributed by atoms with Crippen LogP contribution in [0, 0.1) is 5.41 Å². The Morgan fingerprint density at radius 3 is 2.61 bits per heavy atom. The fraction of sp³-hybridized carbons (Fsp3) is 0.385. The van der Waals surface area contributed by atoms with Gasteiger partial charge in [-0.3, -0.25) is 9.59 Å².